The molecule has 0 radical (unpaired) electrons. The van der Waals surface area contributed by atoms with Gasteiger partial charge in [0.05, 0.1) is 12.6 Å². The number of hydrogen-bond donors (Lipinski definition) is 0. The molecule has 1 fully saturated rings. The SMILES string of the molecule is CC(C)(C)OC(=O)N1CC(F)(F)C[C@H]1C#N. The molecule has 1 aliphatic rings. The van der Waals surface area contributed by atoms with Crippen LogP contribution in [0.3, 0.4) is 0 Å². The Hall–Kier alpha value is -1.38. The predicted molar refractivity (Wildman–Crippen MR) is 51.9 cm³/mol. The standard InChI is InChI=1S/C10H14F2N2O2/c1-9(2,3)16-8(15)14-6-10(11,12)4-7(14)5-13/h7H,4,6H2,1-3H3/t7-/m0/s1. The number of rotatable bonds is 0. The summed E-state index contributed by atoms with van der Waals surface area (Å²) >= 11 is 0. The molecule has 0 bridgehead atoms. The second-order valence-electron chi connectivity index (χ2n) is 4.81. The maximum absolute atomic E-state index is 13.0. The monoisotopic (exact) mass is 232 g/mol. The lowest BCUT2D eigenvalue weighted by Gasteiger charge is -2.25. The van der Waals surface area contributed by atoms with Crippen LogP contribution in [0.15, 0.2) is 0 Å². The van der Waals surface area contributed by atoms with Crippen molar-refractivity contribution in [2.24, 2.45) is 0 Å². The van der Waals surface area contributed by atoms with Crippen molar-refractivity contribution in [1.29, 1.82) is 5.26 Å². The van der Waals surface area contributed by atoms with Crippen LogP contribution < -0.4 is 0 Å². The summed E-state index contributed by atoms with van der Waals surface area (Å²) in [6.07, 6.45) is -1.49. The number of nitriles is 1. The smallest absolute Gasteiger partial charge is 0.411 e. The van der Waals surface area contributed by atoms with Gasteiger partial charge in [-0.15, -0.1) is 0 Å². The first-order valence-corrected chi connectivity index (χ1v) is 4.92. The lowest BCUT2D eigenvalue weighted by Crippen LogP contribution is -2.40. The third-order valence-corrected chi connectivity index (χ3v) is 2.05. The fraction of sp³-hybridized carbons (Fsp3) is 0.800. The Morgan fingerprint density at radius 2 is 2.12 bits per heavy atom. The van der Waals surface area contributed by atoms with Crippen molar-refractivity contribution in [2.45, 2.75) is 44.8 Å². The Balaban J connectivity index is 2.74. The van der Waals surface area contributed by atoms with Crippen LogP contribution in [-0.4, -0.2) is 35.1 Å². The van der Waals surface area contributed by atoms with Crippen molar-refractivity contribution < 1.29 is 18.3 Å². The molecule has 0 aromatic carbocycles. The summed E-state index contributed by atoms with van der Waals surface area (Å²) in [4.78, 5) is 12.3. The van der Waals surface area contributed by atoms with E-state index in [0.29, 0.717) is 0 Å². The number of halogens is 2. The zero-order valence-corrected chi connectivity index (χ0v) is 9.46. The van der Waals surface area contributed by atoms with Gasteiger partial charge in [-0.25, -0.2) is 13.6 Å². The van der Waals surface area contributed by atoms with Crippen molar-refractivity contribution in [3.63, 3.8) is 0 Å². The van der Waals surface area contributed by atoms with Gasteiger partial charge in [0.15, 0.2) is 0 Å². The Labute approximate surface area is 92.8 Å². The van der Waals surface area contributed by atoms with E-state index in [1.165, 1.54) is 0 Å². The minimum absolute atomic E-state index is 0.622. The number of alkyl halides is 2. The fourth-order valence-electron chi connectivity index (χ4n) is 1.44. The molecule has 0 aromatic heterocycles. The van der Waals surface area contributed by atoms with Crippen LogP contribution in [0.5, 0.6) is 0 Å². The summed E-state index contributed by atoms with van der Waals surface area (Å²) in [5, 5.41) is 8.68. The van der Waals surface area contributed by atoms with Crippen molar-refractivity contribution in [3.8, 4) is 6.07 Å². The highest BCUT2D eigenvalue weighted by atomic mass is 19.3. The van der Waals surface area contributed by atoms with Gasteiger partial charge < -0.3 is 4.74 Å². The molecule has 1 atom stereocenters. The summed E-state index contributed by atoms with van der Waals surface area (Å²) in [5.41, 5.74) is -0.755. The highest BCUT2D eigenvalue weighted by Crippen LogP contribution is 2.32. The quantitative estimate of drug-likeness (QED) is 0.643. The van der Waals surface area contributed by atoms with Crippen LogP contribution in [0, 0.1) is 11.3 Å². The Morgan fingerprint density at radius 3 is 2.56 bits per heavy atom. The predicted octanol–water partition coefficient (Wildman–Crippen LogP) is 2.15. The first kappa shape index (κ1) is 12.7. The van der Waals surface area contributed by atoms with E-state index < -0.39 is 36.6 Å². The molecule has 1 saturated heterocycles. The molecule has 1 aliphatic heterocycles. The van der Waals surface area contributed by atoms with E-state index in [1.54, 1.807) is 26.8 Å². The lowest BCUT2D eigenvalue weighted by molar-refractivity contribution is -0.00214. The fourth-order valence-corrected chi connectivity index (χ4v) is 1.44. The summed E-state index contributed by atoms with van der Waals surface area (Å²) in [7, 11) is 0. The highest BCUT2D eigenvalue weighted by molar-refractivity contribution is 5.69. The van der Waals surface area contributed by atoms with E-state index in [9.17, 15) is 13.6 Å². The molecule has 1 amide bonds. The van der Waals surface area contributed by atoms with Crippen LogP contribution in [0.25, 0.3) is 0 Å². The van der Waals surface area contributed by atoms with Crippen LogP contribution >= 0.6 is 0 Å². The van der Waals surface area contributed by atoms with Gasteiger partial charge in [-0.3, -0.25) is 4.90 Å². The first-order valence-electron chi connectivity index (χ1n) is 4.92. The molecule has 0 unspecified atom stereocenters. The minimum Gasteiger partial charge on any atom is -0.444 e. The lowest BCUT2D eigenvalue weighted by atomic mass is 10.2. The van der Waals surface area contributed by atoms with Gasteiger partial charge in [-0.2, -0.15) is 5.26 Å². The molecular formula is C10H14F2N2O2. The molecule has 90 valence electrons. The normalized spacial score (nSPS) is 24.0. The Bertz CT molecular complexity index is 331. The van der Waals surface area contributed by atoms with Crippen LogP contribution in [-0.2, 0) is 4.74 Å². The number of hydrogen-bond acceptors (Lipinski definition) is 3. The molecule has 1 heterocycles. The highest BCUT2D eigenvalue weighted by Gasteiger charge is 2.48. The zero-order chi connectivity index (χ0) is 12.6. The summed E-state index contributed by atoms with van der Waals surface area (Å²) in [5.74, 6) is -3.00. The number of likely N-dealkylation sites (tertiary alicyclic amines) is 1. The number of nitrogens with zero attached hydrogens (tertiary/aromatic N) is 2. The maximum atomic E-state index is 13.0. The molecule has 16 heavy (non-hydrogen) atoms. The Morgan fingerprint density at radius 1 is 1.56 bits per heavy atom. The third-order valence-electron chi connectivity index (χ3n) is 2.05. The van der Waals surface area contributed by atoms with Gasteiger partial charge >= 0.3 is 6.09 Å². The van der Waals surface area contributed by atoms with E-state index in [-0.39, 0.29) is 0 Å². The number of amides is 1. The van der Waals surface area contributed by atoms with E-state index >= 15 is 0 Å². The second kappa shape index (κ2) is 3.89. The largest absolute Gasteiger partial charge is 0.444 e. The third kappa shape index (κ3) is 3.05. The van der Waals surface area contributed by atoms with E-state index in [0.717, 1.165) is 4.90 Å². The Kier molecular flexibility index (Phi) is 3.08. The summed E-state index contributed by atoms with van der Waals surface area (Å²) in [6.45, 7) is 4.17. The van der Waals surface area contributed by atoms with E-state index in [1.807, 2.05) is 0 Å². The first-order chi connectivity index (χ1) is 7.14. The van der Waals surface area contributed by atoms with E-state index in [4.69, 9.17) is 10.00 Å². The molecule has 0 aromatic rings. The van der Waals surface area contributed by atoms with Gasteiger partial charge in [-0.05, 0) is 20.8 Å². The average molecular weight is 232 g/mol. The zero-order valence-electron chi connectivity index (χ0n) is 9.46. The van der Waals surface area contributed by atoms with Crippen molar-refractivity contribution in [3.05, 3.63) is 0 Å². The van der Waals surface area contributed by atoms with Crippen LogP contribution in [0.4, 0.5) is 13.6 Å². The molecule has 1 rings (SSSR count). The van der Waals surface area contributed by atoms with Gasteiger partial charge in [-0.1, -0.05) is 0 Å². The molecular weight excluding hydrogens is 218 g/mol. The average Bonchev–Trinajstić information content (AvgIpc) is 2.38. The molecule has 0 aliphatic carbocycles. The van der Waals surface area contributed by atoms with Gasteiger partial charge in [0.25, 0.3) is 5.92 Å². The molecule has 4 nitrogen and oxygen atoms in total. The van der Waals surface area contributed by atoms with Crippen LogP contribution in [0.1, 0.15) is 27.2 Å². The van der Waals surface area contributed by atoms with Crippen molar-refractivity contribution in [1.82, 2.24) is 4.90 Å². The van der Waals surface area contributed by atoms with E-state index in [2.05, 4.69) is 0 Å². The number of carbonyl (C=O) groups is 1. The minimum atomic E-state index is -3.00. The summed E-state index contributed by atoms with van der Waals surface area (Å²) < 4.78 is 31.0. The number of carbonyl (C=O) groups excluding carboxylic acids is 1. The molecule has 0 spiro atoms. The van der Waals surface area contributed by atoms with Crippen molar-refractivity contribution in [2.75, 3.05) is 6.54 Å². The maximum Gasteiger partial charge on any atom is 0.411 e. The van der Waals surface area contributed by atoms with Gasteiger partial charge in [0, 0.05) is 6.42 Å². The topological polar surface area (TPSA) is 53.3 Å². The van der Waals surface area contributed by atoms with Crippen LogP contribution in [0.2, 0.25) is 0 Å². The molecule has 0 N–H and O–H groups in total. The second-order valence-corrected chi connectivity index (χ2v) is 4.81. The molecule has 6 heteroatoms. The number of ether oxygens (including phenoxy) is 1. The van der Waals surface area contributed by atoms with Gasteiger partial charge in [0.1, 0.15) is 11.6 Å². The van der Waals surface area contributed by atoms with Crippen molar-refractivity contribution >= 4 is 6.09 Å². The summed E-state index contributed by atoms with van der Waals surface area (Å²) in [6, 6.07) is 0.575. The molecule has 0 saturated carbocycles. The van der Waals surface area contributed by atoms with Gasteiger partial charge in [0.2, 0.25) is 0 Å².